The van der Waals surface area contributed by atoms with Crippen LogP contribution in [0, 0.1) is 5.92 Å². The molecule has 5 nitrogen and oxygen atoms in total. The van der Waals surface area contributed by atoms with Crippen LogP contribution in [0.5, 0.6) is 5.75 Å². The van der Waals surface area contributed by atoms with E-state index in [1.807, 2.05) is 30.3 Å². The Morgan fingerprint density at radius 2 is 1.73 bits per heavy atom. The Hall–Kier alpha value is -2.84. The number of nitrogens with zero attached hydrogens (tertiary/aromatic N) is 3. The predicted octanol–water partition coefficient (Wildman–Crippen LogP) is 7.84. The monoisotopic (exact) mass is 566 g/mol. The van der Waals surface area contributed by atoms with Gasteiger partial charge in [-0.25, -0.2) is 0 Å². The van der Waals surface area contributed by atoms with Crippen LogP contribution in [0.3, 0.4) is 0 Å². The van der Waals surface area contributed by atoms with E-state index in [0.717, 1.165) is 60.0 Å². The minimum absolute atomic E-state index is 0.181. The number of para-hydroxylation sites is 1. The van der Waals surface area contributed by atoms with E-state index in [9.17, 15) is 13.2 Å². The first kappa shape index (κ1) is 28.3. The number of nitrogens with one attached hydrogen (secondary N) is 1. The van der Waals surface area contributed by atoms with Crippen LogP contribution in [0.15, 0.2) is 48.5 Å². The van der Waals surface area contributed by atoms with Gasteiger partial charge in [-0.1, -0.05) is 51.3 Å². The molecule has 1 aliphatic carbocycles. The fourth-order valence-corrected chi connectivity index (χ4v) is 6.98. The molecule has 2 aliphatic heterocycles. The summed E-state index contributed by atoms with van der Waals surface area (Å²) in [7, 11) is 0. The summed E-state index contributed by atoms with van der Waals surface area (Å²) < 4.78 is 47.6. The maximum atomic E-state index is 13.9. The van der Waals surface area contributed by atoms with E-state index in [1.165, 1.54) is 45.1 Å². The van der Waals surface area contributed by atoms with Gasteiger partial charge in [0.2, 0.25) is 0 Å². The average Bonchev–Trinajstić information content (AvgIpc) is 3.53. The zero-order chi connectivity index (χ0) is 28.6. The Morgan fingerprint density at radius 1 is 0.976 bits per heavy atom. The Morgan fingerprint density at radius 3 is 2.46 bits per heavy atom. The highest BCUT2D eigenvalue weighted by molar-refractivity contribution is 5.93. The van der Waals surface area contributed by atoms with Gasteiger partial charge in [-0.2, -0.15) is 13.2 Å². The highest BCUT2D eigenvalue weighted by Crippen LogP contribution is 2.37. The minimum atomic E-state index is -4.48. The number of rotatable bonds is 9. The average molecular weight is 567 g/mol. The van der Waals surface area contributed by atoms with Gasteiger partial charge in [-0.15, -0.1) is 0 Å². The summed E-state index contributed by atoms with van der Waals surface area (Å²) in [6.45, 7) is 8.57. The van der Waals surface area contributed by atoms with Crippen molar-refractivity contribution in [1.82, 2.24) is 14.8 Å². The molecule has 8 heteroatoms. The second-order valence-electron chi connectivity index (χ2n) is 12.5. The maximum absolute atomic E-state index is 13.9. The van der Waals surface area contributed by atoms with Crippen molar-refractivity contribution in [3.63, 3.8) is 0 Å². The van der Waals surface area contributed by atoms with Gasteiger partial charge in [0.25, 0.3) is 0 Å². The SMILES string of the molecule is CC(C)c1cc(Nc2cc(OCCN3C[C@H]4C[C@@H]3CN4CC3CCCCC3)cc(C(F)(F)F)c2)c2ccccc2n1. The van der Waals surface area contributed by atoms with Gasteiger partial charge in [-0.05, 0) is 55.4 Å². The predicted molar refractivity (Wildman–Crippen MR) is 158 cm³/mol. The molecular weight excluding hydrogens is 525 g/mol. The van der Waals surface area contributed by atoms with Crippen molar-refractivity contribution in [1.29, 1.82) is 0 Å². The summed E-state index contributed by atoms with van der Waals surface area (Å²) in [6, 6.07) is 14.7. The Balaban J connectivity index is 1.12. The number of aromatic nitrogens is 1. The fraction of sp³-hybridized carbons (Fsp3) is 0.545. The minimum Gasteiger partial charge on any atom is -0.492 e. The first-order valence-corrected chi connectivity index (χ1v) is 15.2. The number of ether oxygens (including phenoxy) is 1. The summed E-state index contributed by atoms with van der Waals surface area (Å²) >= 11 is 0. The lowest BCUT2D eigenvalue weighted by molar-refractivity contribution is -0.137. The Labute approximate surface area is 241 Å². The van der Waals surface area contributed by atoms with E-state index in [1.54, 1.807) is 6.07 Å². The van der Waals surface area contributed by atoms with Crippen molar-refractivity contribution in [2.24, 2.45) is 5.92 Å². The van der Waals surface area contributed by atoms with E-state index in [2.05, 4.69) is 29.0 Å². The summed E-state index contributed by atoms with van der Waals surface area (Å²) in [4.78, 5) is 9.88. The molecule has 6 rings (SSSR count). The van der Waals surface area contributed by atoms with E-state index in [4.69, 9.17) is 9.72 Å². The number of likely N-dealkylation sites (tertiary alicyclic amines) is 2. The lowest BCUT2D eigenvalue weighted by atomic mass is 9.89. The summed E-state index contributed by atoms with van der Waals surface area (Å²) in [6.07, 6.45) is 3.60. The van der Waals surface area contributed by atoms with Gasteiger partial charge in [0.1, 0.15) is 12.4 Å². The normalized spacial score (nSPS) is 22.2. The fourth-order valence-electron chi connectivity index (χ4n) is 6.98. The van der Waals surface area contributed by atoms with Crippen molar-refractivity contribution in [2.75, 3.05) is 38.1 Å². The highest BCUT2D eigenvalue weighted by Gasteiger charge is 2.43. The molecule has 0 radical (unpaired) electrons. The van der Waals surface area contributed by atoms with Crippen molar-refractivity contribution < 1.29 is 17.9 Å². The molecule has 41 heavy (non-hydrogen) atoms. The van der Waals surface area contributed by atoms with Gasteiger partial charge in [-0.3, -0.25) is 14.8 Å². The quantitative estimate of drug-likeness (QED) is 0.286. The number of halogens is 3. The number of hydrogen-bond acceptors (Lipinski definition) is 5. The first-order valence-electron chi connectivity index (χ1n) is 15.2. The van der Waals surface area contributed by atoms with Gasteiger partial charge in [0.05, 0.1) is 11.1 Å². The number of piperazine rings is 1. The molecule has 3 heterocycles. The molecule has 1 N–H and O–H groups in total. The number of pyridine rings is 1. The molecule has 3 aliphatic rings. The summed E-state index contributed by atoms with van der Waals surface area (Å²) in [5.74, 6) is 1.26. The van der Waals surface area contributed by atoms with Crippen molar-refractivity contribution in [2.45, 2.75) is 76.6 Å². The standard InChI is InChI=1S/C33H41F3N4O/c1-22(2)31-18-32(29-10-6-7-11-30(29)38-31)37-25-14-24(33(34,35)36)15-28(16-25)41-13-12-39-20-27-17-26(39)21-40(27)19-23-8-4-3-5-9-23/h6-7,10-11,14-16,18,22-23,26-27H,3-5,8-9,12-13,17,19-21H2,1-2H3,(H,37,38)/t26-,27-/m1/s1. The number of anilines is 2. The molecule has 0 spiro atoms. The van der Waals surface area contributed by atoms with E-state index in [-0.39, 0.29) is 11.7 Å². The number of hydrogen-bond donors (Lipinski definition) is 1. The number of benzene rings is 2. The van der Waals surface area contributed by atoms with Gasteiger partial charge in [0, 0.05) is 66.8 Å². The van der Waals surface area contributed by atoms with Crippen LogP contribution in [0.2, 0.25) is 0 Å². The third kappa shape index (κ3) is 6.49. The molecular formula is C33H41F3N4O. The summed E-state index contributed by atoms with van der Waals surface area (Å²) in [5.41, 5.74) is 2.04. The lowest BCUT2D eigenvalue weighted by Gasteiger charge is -2.36. The molecule has 0 amide bonds. The van der Waals surface area contributed by atoms with Crippen LogP contribution in [0.4, 0.5) is 24.5 Å². The third-order valence-electron chi connectivity index (χ3n) is 9.17. The van der Waals surface area contributed by atoms with E-state index >= 15 is 0 Å². The maximum Gasteiger partial charge on any atom is 0.416 e. The zero-order valence-corrected chi connectivity index (χ0v) is 24.1. The molecule has 2 bridgehead atoms. The smallest absolute Gasteiger partial charge is 0.416 e. The van der Waals surface area contributed by atoms with Crippen molar-refractivity contribution >= 4 is 22.3 Å². The molecule has 2 aromatic carbocycles. The van der Waals surface area contributed by atoms with Crippen molar-refractivity contribution in [3.8, 4) is 5.75 Å². The molecule has 2 saturated heterocycles. The van der Waals surface area contributed by atoms with Crippen LogP contribution >= 0.6 is 0 Å². The Kier molecular flexibility index (Phi) is 8.14. The molecule has 0 unspecified atom stereocenters. The van der Waals surface area contributed by atoms with Gasteiger partial charge in [0.15, 0.2) is 0 Å². The molecule has 220 valence electrons. The first-order chi connectivity index (χ1) is 19.7. The second-order valence-corrected chi connectivity index (χ2v) is 12.5. The number of alkyl halides is 3. The van der Waals surface area contributed by atoms with Crippen LogP contribution < -0.4 is 10.1 Å². The van der Waals surface area contributed by atoms with Crippen LogP contribution in [0.25, 0.3) is 10.9 Å². The van der Waals surface area contributed by atoms with Crippen LogP contribution in [-0.4, -0.2) is 59.7 Å². The highest BCUT2D eigenvalue weighted by atomic mass is 19.4. The van der Waals surface area contributed by atoms with Crippen LogP contribution in [-0.2, 0) is 6.18 Å². The Bertz CT molecular complexity index is 1350. The molecule has 2 atom stereocenters. The van der Waals surface area contributed by atoms with Gasteiger partial charge >= 0.3 is 6.18 Å². The van der Waals surface area contributed by atoms with Gasteiger partial charge < -0.3 is 10.1 Å². The largest absolute Gasteiger partial charge is 0.492 e. The third-order valence-corrected chi connectivity index (χ3v) is 9.17. The van der Waals surface area contributed by atoms with Crippen LogP contribution in [0.1, 0.15) is 69.5 Å². The molecule has 1 aromatic heterocycles. The molecule has 3 aromatic rings. The zero-order valence-electron chi connectivity index (χ0n) is 24.1. The molecule has 3 fully saturated rings. The second kappa shape index (κ2) is 11.8. The molecule has 1 saturated carbocycles. The topological polar surface area (TPSA) is 40.6 Å². The summed E-state index contributed by atoms with van der Waals surface area (Å²) in [5, 5.41) is 4.11. The lowest BCUT2D eigenvalue weighted by Crippen LogP contribution is -2.48. The van der Waals surface area contributed by atoms with E-state index in [0.29, 0.717) is 24.4 Å². The number of fused-ring (bicyclic) bond motifs is 3. The van der Waals surface area contributed by atoms with Crippen molar-refractivity contribution in [3.05, 3.63) is 59.8 Å². The van der Waals surface area contributed by atoms with E-state index < -0.39 is 11.7 Å².